The Morgan fingerprint density at radius 3 is 2.19 bits per heavy atom. The van der Waals surface area contributed by atoms with E-state index in [1.54, 1.807) is 37.3 Å². The molecule has 2 aromatic rings. The number of ether oxygens (including phenoxy) is 2. The van der Waals surface area contributed by atoms with Crippen molar-refractivity contribution in [3.63, 3.8) is 0 Å². The zero-order valence-electron chi connectivity index (χ0n) is 24.6. The summed E-state index contributed by atoms with van der Waals surface area (Å²) in [5.41, 5.74) is 3.19. The summed E-state index contributed by atoms with van der Waals surface area (Å²) in [6, 6.07) is 14.7. The van der Waals surface area contributed by atoms with Crippen LogP contribution in [0.25, 0.3) is 0 Å². The van der Waals surface area contributed by atoms with Crippen molar-refractivity contribution in [1.82, 2.24) is 0 Å². The maximum Gasteiger partial charge on any atom is 0.417 e. The quantitative estimate of drug-likeness (QED) is 0.272. The van der Waals surface area contributed by atoms with E-state index in [-0.39, 0.29) is 30.0 Å². The Hall–Kier alpha value is -3.63. The number of fused-ring (bicyclic) bond motifs is 4. The second kappa shape index (κ2) is 10.8. The van der Waals surface area contributed by atoms with Gasteiger partial charge in [0, 0.05) is 36.0 Å². The zero-order chi connectivity index (χ0) is 30.6. The molecule has 2 aromatic carbocycles. The lowest BCUT2D eigenvalue weighted by Gasteiger charge is -2.55. The van der Waals surface area contributed by atoms with Crippen LogP contribution in [0.15, 0.2) is 71.3 Å². The second-order valence-electron chi connectivity index (χ2n) is 12.5. The summed E-state index contributed by atoms with van der Waals surface area (Å²) in [6.45, 7) is 1.80. The summed E-state index contributed by atoms with van der Waals surface area (Å²) in [5, 5.41) is 0. The van der Waals surface area contributed by atoms with Gasteiger partial charge in [-0.05, 0) is 110 Å². The molecule has 5 atom stereocenters. The molecule has 2 fully saturated rings. The van der Waals surface area contributed by atoms with Gasteiger partial charge in [0.15, 0.2) is 11.4 Å². The molecular formula is C36H35F3O4. The fraction of sp³-hybridized carbons (Fsp3) is 0.444. The van der Waals surface area contributed by atoms with Crippen LogP contribution >= 0.6 is 0 Å². The molecule has 2 saturated carbocycles. The van der Waals surface area contributed by atoms with E-state index in [9.17, 15) is 22.8 Å². The van der Waals surface area contributed by atoms with Crippen LogP contribution in [0.2, 0.25) is 0 Å². The van der Waals surface area contributed by atoms with E-state index in [1.165, 1.54) is 25.4 Å². The first kappa shape index (κ1) is 29.4. The van der Waals surface area contributed by atoms with Crippen molar-refractivity contribution in [2.45, 2.75) is 69.6 Å². The molecule has 0 N–H and O–H groups in total. The van der Waals surface area contributed by atoms with Crippen molar-refractivity contribution >= 4 is 11.8 Å². The molecule has 4 nitrogen and oxygen atoms in total. The Bertz CT molecular complexity index is 1570. The van der Waals surface area contributed by atoms with Crippen molar-refractivity contribution in [3.05, 3.63) is 93.6 Å². The molecule has 0 saturated heterocycles. The van der Waals surface area contributed by atoms with Crippen LogP contribution in [0.4, 0.5) is 13.2 Å². The number of esters is 1. The Morgan fingerprint density at radius 1 is 0.930 bits per heavy atom. The van der Waals surface area contributed by atoms with Gasteiger partial charge < -0.3 is 9.47 Å². The third kappa shape index (κ3) is 4.75. The highest BCUT2D eigenvalue weighted by atomic mass is 19.4. The summed E-state index contributed by atoms with van der Waals surface area (Å²) >= 11 is 0. The van der Waals surface area contributed by atoms with Gasteiger partial charge in [-0.15, -0.1) is 0 Å². The monoisotopic (exact) mass is 588 g/mol. The average molecular weight is 589 g/mol. The molecule has 0 bridgehead atoms. The molecule has 4 aliphatic rings. The van der Waals surface area contributed by atoms with Gasteiger partial charge in [-0.3, -0.25) is 4.79 Å². The minimum atomic E-state index is -4.48. The molecule has 0 spiro atoms. The Labute approximate surface area is 250 Å². The minimum Gasteiger partial charge on any atom is -0.465 e. The van der Waals surface area contributed by atoms with Gasteiger partial charge in [0.2, 0.25) is 0 Å². The maximum atomic E-state index is 14.8. The molecule has 7 heteroatoms. The molecule has 0 aromatic heterocycles. The van der Waals surface area contributed by atoms with Crippen LogP contribution in [-0.4, -0.2) is 37.7 Å². The molecule has 43 heavy (non-hydrogen) atoms. The summed E-state index contributed by atoms with van der Waals surface area (Å²) in [7, 11) is 2.55. The lowest BCUT2D eigenvalue weighted by atomic mass is 9.51. The van der Waals surface area contributed by atoms with E-state index in [4.69, 9.17) is 9.47 Å². The highest BCUT2D eigenvalue weighted by Gasteiger charge is 2.73. The van der Waals surface area contributed by atoms with Crippen LogP contribution < -0.4 is 0 Å². The van der Waals surface area contributed by atoms with E-state index < -0.39 is 23.2 Å². The Balaban J connectivity index is 1.38. The highest BCUT2D eigenvalue weighted by molar-refractivity contribution is 5.93. The standard InChI is InChI=1S/C36H35F3O4/c1-34-21-30(24-10-6-22(7-11-24)4-5-23-8-12-25(13-9-23)33(41)42-2)32-28-17-15-27(40)20-26(28)14-16-29(32)31(34)18-19-35(34,43-3)36(37,38)39/h6-13,20,29-31H,14-19,21H2,1-3H3/t29?,30?,31?,34?,35-/m0/s1. The van der Waals surface area contributed by atoms with Gasteiger partial charge >= 0.3 is 12.1 Å². The third-order valence-electron chi connectivity index (χ3n) is 10.6. The number of hydrogen-bond acceptors (Lipinski definition) is 4. The number of methoxy groups -OCH3 is 2. The number of halogens is 3. The van der Waals surface area contributed by atoms with Crippen LogP contribution in [0, 0.1) is 29.1 Å². The Morgan fingerprint density at radius 2 is 1.58 bits per heavy atom. The maximum absolute atomic E-state index is 14.8. The van der Waals surface area contributed by atoms with Gasteiger partial charge in [0.1, 0.15) is 0 Å². The molecule has 0 heterocycles. The molecule has 0 aliphatic heterocycles. The van der Waals surface area contributed by atoms with Crippen molar-refractivity contribution in [3.8, 4) is 11.8 Å². The predicted octanol–water partition coefficient (Wildman–Crippen LogP) is 7.72. The number of alkyl halides is 3. The molecule has 4 unspecified atom stereocenters. The van der Waals surface area contributed by atoms with Crippen LogP contribution in [-0.2, 0) is 14.3 Å². The van der Waals surface area contributed by atoms with E-state index >= 15 is 0 Å². The summed E-state index contributed by atoms with van der Waals surface area (Å²) < 4.78 is 54.7. The largest absolute Gasteiger partial charge is 0.465 e. The predicted molar refractivity (Wildman–Crippen MR) is 156 cm³/mol. The van der Waals surface area contributed by atoms with Crippen molar-refractivity contribution in [1.29, 1.82) is 0 Å². The second-order valence-corrected chi connectivity index (χ2v) is 12.5. The average Bonchev–Trinajstić information content (AvgIpc) is 3.32. The third-order valence-corrected chi connectivity index (χ3v) is 10.6. The van der Waals surface area contributed by atoms with Gasteiger partial charge in [0.25, 0.3) is 0 Å². The molecular weight excluding hydrogens is 553 g/mol. The normalized spacial score (nSPS) is 30.0. The zero-order valence-corrected chi connectivity index (χ0v) is 24.6. The lowest BCUT2D eigenvalue weighted by molar-refractivity contribution is -0.308. The van der Waals surface area contributed by atoms with Gasteiger partial charge in [-0.25, -0.2) is 4.79 Å². The molecule has 0 amide bonds. The number of hydrogen-bond donors (Lipinski definition) is 0. The molecule has 224 valence electrons. The van der Waals surface area contributed by atoms with Crippen LogP contribution in [0.3, 0.4) is 0 Å². The van der Waals surface area contributed by atoms with Gasteiger partial charge in [-0.1, -0.05) is 36.5 Å². The van der Waals surface area contributed by atoms with E-state index in [1.807, 2.05) is 24.3 Å². The fourth-order valence-electron chi connectivity index (χ4n) is 8.61. The van der Waals surface area contributed by atoms with Crippen LogP contribution in [0.1, 0.15) is 84.8 Å². The number of carbonyl (C=O) groups excluding carboxylic acids is 2. The summed E-state index contributed by atoms with van der Waals surface area (Å²) in [4.78, 5) is 24.0. The van der Waals surface area contributed by atoms with Gasteiger partial charge in [-0.2, -0.15) is 13.2 Å². The minimum absolute atomic E-state index is 0.0240. The van der Waals surface area contributed by atoms with E-state index in [0.29, 0.717) is 31.2 Å². The number of benzene rings is 2. The van der Waals surface area contributed by atoms with Crippen LogP contribution in [0.5, 0.6) is 0 Å². The number of rotatable bonds is 3. The topological polar surface area (TPSA) is 52.6 Å². The summed E-state index contributed by atoms with van der Waals surface area (Å²) in [5.74, 6) is 5.67. The number of carbonyl (C=O) groups is 2. The fourth-order valence-corrected chi connectivity index (χ4v) is 8.61. The first-order chi connectivity index (χ1) is 20.5. The first-order valence-electron chi connectivity index (χ1n) is 14.9. The first-order valence-corrected chi connectivity index (χ1v) is 14.9. The van der Waals surface area contributed by atoms with Crippen molar-refractivity contribution < 1.29 is 32.2 Å². The number of allylic oxidation sites excluding steroid dienone is 4. The molecule has 4 aliphatic carbocycles. The SMILES string of the molecule is COC(=O)c1ccc(C#Cc2ccc(C3CC4(C)C(CC[C@@]4(OC)C(F)(F)F)C4CCC5=CC(=O)CCC5=C34)cc2)cc1. The van der Waals surface area contributed by atoms with E-state index in [2.05, 4.69) is 11.8 Å². The van der Waals surface area contributed by atoms with Crippen molar-refractivity contribution in [2.24, 2.45) is 17.3 Å². The van der Waals surface area contributed by atoms with Gasteiger partial charge in [0.05, 0.1) is 12.7 Å². The lowest BCUT2D eigenvalue weighted by Crippen LogP contribution is -2.60. The number of ketones is 1. The smallest absolute Gasteiger partial charge is 0.417 e. The Kier molecular flexibility index (Phi) is 7.41. The molecule has 0 radical (unpaired) electrons. The van der Waals surface area contributed by atoms with E-state index in [0.717, 1.165) is 35.1 Å². The highest BCUT2D eigenvalue weighted by Crippen LogP contribution is 2.70. The van der Waals surface area contributed by atoms with Crippen molar-refractivity contribution in [2.75, 3.05) is 14.2 Å². The summed E-state index contributed by atoms with van der Waals surface area (Å²) in [6.07, 6.45) is 0.660. The molecule has 6 rings (SSSR count).